The Balaban J connectivity index is 1.74. The van der Waals surface area contributed by atoms with Crippen LogP contribution in [0.15, 0.2) is 42.6 Å². The number of nitrogens with zero attached hydrogens (tertiary/aromatic N) is 2. The molecule has 0 amide bonds. The first kappa shape index (κ1) is 11.2. The van der Waals surface area contributed by atoms with Gasteiger partial charge < -0.3 is 0 Å². The number of carbonyl (C=O) groups excluding carboxylic acids is 1. The molecule has 0 aliphatic heterocycles. The van der Waals surface area contributed by atoms with E-state index in [4.69, 9.17) is 0 Å². The van der Waals surface area contributed by atoms with E-state index in [0.717, 1.165) is 5.69 Å². The number of aromatic nitrogens is 2. The van der Waals surface area contributed by atoms with Crippen molar-refractivity contribution in [3.63, 3.8) is 0 Å². The van der Waals surface area contributed by atoms with Crippen LogP contribution in [-0.4, -0.2) is 15.6 Å². The Morgan fingerprint density at radius 2 is 2.00 bits per heavy atom. The summed E-state index contributed by atoms with van der Waals surface area (Å²) in [5, 5.41) is 4.36. The molecule has 0 N–H and O–H groups in total. The van der Waals surface area contributed by atoms with Crippen molar-refractivity contribution in [1.82, 2.24) is 9.78 Å². The van der Waals surface area contributed by atoms with E-state index in [2.05, 4.69) is 5.10 Å². The van der Waals surface area contributed by atoms with Gasteiger partial charge in [0.05, 0.1) is 5.69 Å². The van der Waals surface area contributed by atoms with Crippen LogP contribution >= 0.6 is 0 Å². The Morgan fingerprint density at radius 3 is 2.67 bits per heavy atom. The maximum absolute atomic E-state index is 12.0. The Bertz CT molecular complexity index is 541. The summed E-state index contributed by atoms with van der Waals surface area (Å²) in [5.74, 6) is 0.772. The first-order valence-corrected chi connectivity index (χ1v) is 6.47. The van der Waals surface area contributed by atoms with Gasteiger partial charge in [-0.3, -0.25) is 4.79 Å². The van der Waals surface area contributed by atoms with Gasteiger partial charge in [-0.05, 0) is 24.1 Å². The summed E-state index contributed by atoms with van der Waals surface area (Å²) in [6, 6.07) is 11.7. The first-order valence-electron chi connectivity index (χ1n) is 6.47. The minimum atomic E-state index is 0.175. The fraction of sp³-hybridized carbons (Fsp3) is 0.333. The highest BCUT2D eigenvalue weighted by atomic mass is 16.1. The number of hydrogen-bond donors (Lipinski definition) is 0. The zero-order valence-electron chi connectivity index (χ0n) is 10.2. The van der Waals surface area contributed by atoms with Gasteiger partial charge in [-0.25, -0.2) is 4.68 Å². The lowest BCUT2D eigenvalue weighted by atomic mass is 9.81. The second kappa shape index (κ2) is 4.77. The Labute approximate surface area is 106 Å². The van der Waals surface area contributed by atoms with E-state index in [1.807, 2.05) is 42.6 Å². The van der Waals surface area contributed by atoms with Gasteiger partial charge in [0, 0.05) is 12.6 Å². The van der Waals surface area contributed by atoms with Gasteiger partial charge in [0.25, 0.3) is 0 Å². The number of hydrogen-bond acceptors (Lipinski definition) is 2. The summed E-state index contributed by atoms with van der Waals surface area (Å²) < 4.78 is 1.76. The van der Waals surface area contributed by atoms with Crippen LogP contribution in [0.1, 0.15) is 36.2 Å². The van der Waals surface area contributed by atoms with E-state index in [-0.39, 0.29) is 5.78 Å². The molecule has 0 radical (unpaired) electrons. The van der Waals surface area contributed by atoms with Crippen molar-refractivity contribution in [2.24, 2.45) is 5.92 Å². The van der Waals surface area contributed by atoms with Gasteiger partial charge in [-0.2, -0.15) is 5.10 Å². The molecular formula is C15H16N2O. The smallest absolute Gasteiger partial charge is 0.183 e. The molecule has 92 valence electrons. The molecule has 1 aromatic heterocycles. The maximum Gasteiger partial charge on any atom is 0.183 e. The summed E-state index contributed by atoms with van der Waals surface area (Å²) in [4.78, 5) is 12.0. The zero-order valence-corrected chi connectivity index (χ0v) is 10.2. The van der Waals surface area contributed by atoms with E-state index in [1.54, 1.807) is 4.68 Å². The van der Waals surface area contributed by atoms with Crippen molar-refractivity contribution in [3.8, 4) is 5.69 Å². The normalized spacial score (nSPS) is 15.3. The van der Waals surface area contributed by atoms with Gasteiger partial charge in [0.2, 0.25) is 0 Å². The molecule has 3 heteroatoms. The number of carbonyl (C=O) groups is 1. The third kappa shape index (κ3) is 2.21. The number of rotatable bonds is 4. The van der Waals surface area contributed by atoms with Crippen LogP contribution in [0.5, 0.6) is 0 Å². The molecule has 0 spiro atoms. The molecule has 0 bridgehead atoms. The molecule has 0 unspecified atom stereocenters. The fourth-order valence-electron chi connectivity index (χ4n) is 2.26. The number of ketones is 1. The summed E-state index contributed by atoms with van der Waals surface area (Å²) >= 11 is 0. The molecule has 1 aliphatic carbocycles. The topological polar surface area (TPSA) is 34.9 Å². The SMILES string of the molecule is O=C(CC1CCC1)c1ccn(-c2ccccc2)n1. The van der Waals surface area contributed by atoms with E-state index in [0.29, 0.717) is 18.0 Å². The highest BCUT2D eigenvalue weighted by molar-refractivity contribution is 5.94. The predicted molar refractivity (Wildman–Crippen MR) is 69.9 cm³/mol. The van der Waals surface area contributed by atoms with Crippen LogP contribution in [-0.2, 0) is 0 Å². The molecule has 0 atom stereocenters. The molecule has 1 aromatic carbocycles. The number of para-hydroxylation sites is 1. The van der Waals surface area contributed by atoms with Crippen LogP contribution in [0.3, 0.4) is 0 Å². The Hall–Kier alpha value is -1.90. The van der Waals surface area contributed by atoms with E-state index < -0.39 is 0 Å². The third-order valence-electron chi connectivity index (χ3n) is 3.59. The van der Waals surface area contributed by atoms with Crippen LogP contribution in [0, 0.1) is 5.92 Å². The maximum atomic E-state index is 12.0. The minimum Gasteiger partial charge on any atom is -0.292 e. The highest BCUT2D eigenvalue weighted by Crippen LogP contribution is 2.30. The van der Waals surface area contributed by atoms with Gasteiger partial charge >= 0.3 is 0 Å². The standard InChI is InChI=1S/C15H16N2O/c18-15(11-12-5-4-6-12)14-9-10-17(16-14)13-7-2-1-3-8-13/h1-3,7-10,12H,4-6,11H2. The Kier molecular flexibility index (Phi) is 2.97. The first-order chi connectivity index (χ1) is 8.83. The monoisotopic (exact) mass is 240 g/mol. The van der Waals surface area contributed by atoms with Crippen LogP contribution < -0.4 is 0 Å². The summed E-state index contributed by atoms with van der Waals surface area (Å²) in [6.45, 7) is 0. The average Bonchev–Trinajstić information content (AvgIpc) is 2.84. The predicted octanol–water partition coefficient (Wildman–Crippen LogP) is 3.25. The van der Waals surface area contributed by atoms with Crippen LogP contribution in [0.4, 0.5) is 0 Å². The van der Waals surface area contributed by atoms with Crippen molar-refractivity contribution in [2.45, 2.75) is 25.7 Å². The lowest BCUT2D eigenvalue weighted by Crippen LogP contribution is -2.16. The molecule has 1 aliphatic rings. The fourth-order valence-corrected chi connectivity index (χ4v) is 2.26. The molecule has 1 saturated carbocycles. The molecule has 0 saturated heterocycles. The van der Waals surface area contributed by atoms with Gasteiger partial charge in [0.15, 0.2) is 5.78 Å². The van der Waals surface area contributed by atoms with Gasteiger partial charge in [0.1, 0.15) is 5.69 Å². The van der Waals surface area contributed by atoms with E-state index in [9.17, 15) is 4.79 Å². The van der Waals surface area contributed by atoms with Gasteiger partial charge in [-0.1, -0.05) is 37.5 Å². The zero-order chi connectivity index (χ0) is 12.4. The number of benzene rings is 1. The lowest BCUT2D eigenvalue weighted by molar-refractivity contribution is 0.0931. The molecule has 1 heterocycles. The van der Waals surface area contributed by atoms with Crippen LogP contribution in [0.2, 0.25) is 0 Å². The summed E-state index contributed by atoms with van der Waals surface area (Å²) in [5.41, 5.74) is 1.57. The molecule has 1 fully saturated rings. The lowest BCUT2D eigenvalue weighted by Gasteiger charge is -2.23. The van der Waals surface area contributed by atoms with Crippen molar-refractivity contribution >= 4 is 5.78 Å². The average molecular weight is 240 g/mol. The van der Waals surface area contributed by atoms with Crippen molar-refractivity contribution in [3.05, 3.63) is 48.3 Å². The second-order valence-corrected chi connectivity index (χ2v) is 4.91. The van der Waals surface area contributed by atoms with Crippen molar-refractivity contribution in [1.29, 1.82) is 0 Å². The van der Waals surface area contributed by atoms with E-state index >= 15 is 0 Å². The molecule has 3 rings (SSSR count). The molecule has 3 nitrogen and oxygen atoms in total. The van der Waals surface area contributed by atoms with Crippen molar-refractivity contribution in [2.75, 3.05) is 0 Å². The Morgan fingerprint density at radius 1 is 1.22 bits per heavy atom. The molecular weight excluding hydrogens is 224 g/mol. The number of Topliss-reactive ketones (excluding diaryl/α,β-unsaturated/α-hetero) is 1. The summed E-state index contributed by atoms with van der Waals surface area (Å²) in [7, 11) is 0. The molecule has 2 aromatic rings. The second-order valence-electron chi connectivity index (χ2n) is 4.91. The third-order valence-corrected chi connectivity index (χ3v) is 3.59. The highest BCUT2D eigenvalue weighted by Gasteiger charge is 2.22. The minimum absolute atomic E-state index is 0.175. The molecule has 18 heavy (non-hydrogen) atoms. The quantitative estimate of drug-likeness (QED) is 0.769. The largest absolute Gasteiger partial charge is 0.292 e. The van der Waals surface area contributed by atoms with Crippen LogP contribution in [0.25, 0.3) is 5.69 Å². The van der Waals surface area contributed by atoms with Gasteiger partial charge in [-0.15, -0.1) is 0 Å². The van der Waals surface area contributed by atoms with E-state index in [1.165, 1.54) is 19.3 Å². The summed E-state index contributed by atoms with van der Waals surface area (Å²) in [6.07, 6.45) is 6.18. The van der Waals surface area contributed by atoms with Crippen molar-refractivity contribution < 1.29 is 4.79 Å².